The fourth-order valence-corrected chi connectivity index (χ4v) is 3.93. The Kier molecular flexibility index (Phi) is 8.24. The average molecular weight is 474 g/mol. The Labute approximate surface area is 173 Å². The van der Waals surface area contributed by atoms with E-state index in [0.29, 0.717) is 18.8 Å². The number of guanidine groups is 1. The summed E-state index contributed by atoms with van der Waals surface area (Å²) in [5.41, 5.74) is 0. The maximum Gasteiger partial charge on any atom is 0.289 e. The lowest BCUT2D eigenvalue weighted by Crippen LogP contribution is -2.54. The van der Waals surface area contributed by atoms with Crippen molar-refractivity contribution in [2.75, 3.05) is 39.8 Å². The molecule has 0 radical (unpaired) electrons. The first-order valence-corrected chi connectivity index (χ1v) is 9.47. The number of nitrogens with zero attached hydrogens (tertiary/aromatic N) is 3. The van der Waals surface area contributed by atoms with E-state index in [4.69, 9.17) is 4.42 Å². The lowest BCUT2D eigenvalue weighted by molar-refractivity contribution is 0.0657. The molecule has 2 unspecified atom stereocenters. The number of carbonyl (C=O) groups excluding carboxylic acids is 1. The highest BCUT2D eigenvalue weighted by molar-refractivity contribution is 14.0. The van der Waals surface area contributed by atoms with Crippen molar-refractivity contribution in [1.29, 1.82) is 0 Å². The zero-order valence-electron chi connectivity index (χ0n) is 15.8. The van der Waals surface area contributed by atoms with Crippen LogP contribution in [0.15, 0.2) is 27.8 Å². The summed E-state index contributed by atoms with van der Waals surface area (Å²) in [5.74, 6) is 2.89. The summed E-state index contributed by atoms with van der Waals surface area (Å²) in [4.78, 5) is 20.9. The van der Waals surface area contributed by atoms with E-state index >= 15 is 0 Å². The molecule has 2 heterocycles. The lowest BCUT2D eigenvalue weighted by Gasteiger charge is -2.37. The van der Waals surface area contributed by atoms with Gasteiger partial charge in [0, 0.05) is 39.8 Å². The predicted octanol–water partition coefficient (Wildman–Crippen LogP) is 3.06. The molecule has 2 atom stereocenters. The van der Waals surface area contributed by atoms with Crippen molar-refractivity contribution in [2.24, 2.45) is 16.8 Å². The summed E-state index contributed by atoms with van der Waals surface area (Å²) < 4.78 is 5.22. The van der Waals surface area contributed by atoms with Gasteiger partial charge in [-0.3, -0.25) is 9.79 Å². The minimum atomic E-state index is -0.0244. The second kappa shape index (κ2) is 10.2. The molecule has 1 saturated carbocycles. The van der Waals surface area contributed by atoms with Crippen LogP contribution in [0.1, 0.15) is 43.2 Å². The van der Waals surface area contributed by atoms with E-state index in [1.165, 1.54) is 25.7 Å². The van der Waals surface area contributed by atoms with Crippen molar-refractivity contribution in [3.8, 4) is 0 Å². The normalized spacial score (nSPS) is 24.2. The molecule has 1 aromatic heterocycles. The average Bonchev–Trinajstić information content (AvgIpc) is 3.18. The molecule has 7 heteroatoms. The van der Waals surface area contributed by atoms with E-state index in [0.717, 1.165) is 37.4 Å². The highest BCUT2D eigenvalue weighted by Crippen LogP contribution is 2.28. The minimum absolute atomic E-state index is 0. The van der Waals surface area contributed by atoms with Crippen molar-refractivity contribution in [3.05, 3.63) is 24.2 Å². The number of rotatable bonds is 3. The minimum Gasteiger partial charge on any atom is -0.459 e. The summed E-state index contributed by atoms with van der Waals surface area (Å²) in [6.07, 6.45) is 6.93. The first-order valence-electron chi connectivity index (χ1n) is 9.47. The second-order valence-electron chi connectivity index (χ2n) is 7.21. The fraction of sp³-hybridized carbons (Fsp3) is 0.684. The molecule has 1 aromatic rings. The van der Waals surface area contributed by atoms with Crippen LogP contribution in [0.25, 0.3) is 0 Å². The highest BCUT2D eigenvalue weighted by atomic mass is 127. The number of aliphatic imine (C=N–C) groups is 1. The van der Waals surface area contributed by atoms with Gasteiger partial charge in [-0.15, -0.1) is 24.0 Å². The molecular formula is C19H31IN4O2. The van der Waals surface area contributed by atoms with E-state index in [1.54, 1.807) is 18.4 Å². The van der Waals surface area contributed by atoms with Gasteiger partial charge in [-0.2, -0.15) is 0 Å². The number of hydrogen-bond donors (Lipinski definition) is 1. The molecule has 1 N–H and O–H groups in total. The van der Waals surface area contributed by atoms with Crippen LogP contribution in [0.4, 0.5) is 0 Å². The highest BCUT2D eigenvalue weighted by Gasteiger charge is 2.26. The molecule has 3 rings (SSSR count). The summed E-state index contributed by atoms with van der Waals surface area (Å²) in [5, 5.41) is 3.56. The summed E-state index contributed by atoms with van der Waals surface area (Å²) in [6.45, 7) is 6.35. The number of amides is 1. The SMILES string of the molecule is CN=C(NCC1CCCCC1C)N1CCN(C(=O)c2ccco2)CC1.I. The van der Waals surface area contributed by atoms with Gasteiger partial charge in [-0.05, 0) is 30.4 Å². The number of halogens is 1. The molecule has 1 amide bonds. The van der Waals surface area contributed by atoms with E-state index in [2.05, 4.69) is 22.1 Å². The summed E-state index contributed by atoms with van der Waals surface area (Å²) in [6, 6.07) is 3.47. The van der Waals surface area contributed by atoms with Crippen LogP contribution < -0.4 is 5.32 Å². The zero-order chi connectivity index (χ0) is 17.6. The van der Waals surface area contributed by atoms with Gasteiger partial charge in [0.15, 0.2) is 11.7 Å². The molecular weight excluding hydrogens is 443 g/mol. The van der Waals surface area contributed by atoms with Gasteiger partial charge in [0.1, 0.15) is 0 Å². The first kappa shape index (κ1) is 21.1. The van der Waals surface area contributed by atoms with Gasteiger partial charge in [0.2, 0.25) is 0 Å². The number of hydrogen-bond acceptors (Lipinski definition) is 3. The first-order chi connectivity index (χ1) is 12.2. The summed E-state index contributed by atoms with van der Waals surface area (Å²) in [7, 11) is 1.84. The van der Waals surface area contributed by atoms with Crippen molar-refractivity contribution in [3.63, 3.8) is 0 Å². The molecule has 1 aliphatic heterocycles. The van der Waals surface area contributed by atoms with E-state index in [-0.39, 0.29) is 29.9 Å². The van der Waals surface area contributed by atoms with Crippen molar-refractivity contribution in [2.45, 2.75) is 32.6 Å². The molecule has 0 bridgehead atoms. The van der Waals surface area contributed by atoms with Gasteiger partial charge < -0.3 is 19.5 Å². The van der Waals surface area contributed by atoms with Gasteiger partial charge in [-0.25, -0.2) is 0 Å². The Balaban J connectivity index is 0.00000243. The third-order valence-electron chi connectivity index (χ3n) is 5.62. The number of carbonyl (C=O) groups is 1. The number of furan rings is 1. The molecule has 26 heavy (non-hydrogen) atoms. The Morgan fingerprint density at radius 2 is 1.92 bits per heavy atom. The Morgan fingerprint density at radius 3 is 2.54 bits per heavy atom. The lowest BCUT2D eigenvalue weighted by atomic mass is 9.80. The van der Waals surface area contributed by atoms with Crippen LogP contribution in [0, 0.1) is 11.8 Å². The van der Waals surface area contributed by atoms with Crippen LogP contribution in [-0.4, -0.2) is 61.4 Å². The van der Waals surface area contributed by atoms with Crippen LogP contribution in [-0.2, 0) is 0 Å². The third kappa shape index (κ3) is 5.14. The van der Waals surface area contributed by atoms with Gasteiger partial charge in [0.25, 0.3) is 5.91 Å². The van der Waals surface area contributed by atoms with E-state index in [1.807, 2.05) is 11.9 Å². The third-order valence-corrected chi connectivity index (χ3v) is 5.62. The Morgan fingerprint density at radius 1 is 1.23 bits per heavy atom. The smallest absolute Gasteiger partial charge is 0.289 e. The van der Waals surface area contributed by atoms with E-state index in [9.17, 15) is 4.79 Å². The quantitative estimate of drug-likeness (QED) is 0.416. The van der Waals surface area contributed by atoms with E-state index < -0.39 is 0 Å². The maximum absolute atomic E-state index is 12.3. The van der Waals surface area contributed by atoms with Crippen LogP contribution >= 0.6 is 24.0 Å². The molecule has 1 saturated heterocycles. The summed E-state index contributed by atoms with van der Waals surface area (Å²) >= 11 is 0. The monoisotopic (exact) mass is 474 g/mol. The van der Waals surface area contributed by atoms with Crippen LogP contribution in [0.5, 0.6) is 0 Å². The molecule has 146 valence electrons. The van der Waals surface area contributed by atoms with Gasteiger partial charge in [0.05, 0.1) is 6.26 Å². The fourth-order valence-electron chi connectivity index (χ4n) is 3.93. The standard InChI is InChI=1S/C19H30N4O2.HI/c1-15-6-3-4-7-16(15)14-21-19(20-2)23-11-9-22(10-12-23)18(24)17-8-5-13-25-17;/h5,8,13,15-16H,3-4,6-7,9-12,14H2,1-2H3,(H,20,21);1H. The Hall–Kier alpha value is -1.25. The topological polar surface area (TPSA) is 61.1 Å². The zero-order valence-corrected chi connectivity index (χ0v) is 18.1. The molecule has 6 nitrogen and oxygen atoms in total. The van der Waals surface area contributed by atoms with Crippen LogP contribution in [0.2, 0.25) is 0 Å². The maximum atomic E-state index is 12.3. The van der Waals surface area contributed by atoms with Crippen molar-refractivity contribution < 1.29 is 9.21 Å². The molecule has 1 aliphatic carbocycles. The molecule has 2 fully saturated rings. The number of nitrogens with one attached hydrogen (secondary N) is 1. The van der Waals surface area contributed by atoms with Gasteiger partial charge in [-0.1, -0.05) is 26.2 Å². The molecule has 0 spiro atoms. The van der Waals surface area contributed by atoms with Gasteiger partial charge >= 0.3 is 0 Å². The largest absolute Gasteiger partial charge is 0.459 e. The van der Waals surface area contributed by atoms with Crippen LogP contribution in [0.3, 0.4) is 0 Å². The molecule has 0 aromatic carbocycles. The Bertz CT molecular complexity index is 582. The van der Waals surface area contributed by atoms with Crippen molar-refractivity contribution >= 4 is 35.8 Å². The predicted molar refractivity (Wildman–Crippen MR) is 114 cm³/mol. The second-order valence-corrected chi connectivity index (χ2v) is 7.21. The molecule has 2 aliphatic rings. The number of piperazine rings is 1. The van der Waals surface area contributed by atoms with Crippen molar-refractivity contribution in [1.82, 2.24) is 15.1 Å².